The molecule has 3 nitrogen and oxygen atoms in total. The average molecular weight is 302 g/mol. The molecule has 0 spiro atoms. The Hall–Kier alpha value is -1.81. The molecule has 1 atom stereocenters. The van der Waals surface area contributed by atoms with Crippen LogP contribution in [0.4, 0.5) is 5.69 Å². The molecule has 0 aliphatic rings. The van der Waals surface area contributed by atoms with Gasteiger partial charge in [0.15, 0.2) is 0 Å². The van der Waals surface area contributed by atoms with Crippen LogP contribution in [0.1, 0.15) is 35.1 Å². The fourth-order valence-corrected chi connectivity index (χ4v) is 2.97. The summed E-state index contributed by atoms with van der Waals surface area (Å²) in [6.07, 6.45) is 0. The number of nitrogens with zero attached hydrogens (tertiary/aromatic N) is 2. The number of benzene rings is 1. The molecule has 0 N–H and O–H groups in total. The van der Waals surface area contributed by atoms with Crippen LogP contribution >= 0.6 is 11.3 Å². The lowest BCUT2D eigenvalue weighted by Gasteiger charge is -2.24. The lowest BCUT2D eigenvalue weighted by Crippen LogP contribution is -2.29. The van der Waals surface area contributed by atoms with E-state index in [-0.39, 0.29) is 11.9 Å². The van der Waals surface area contributed by atoms with Crippen LogP contribution in [0.2, 0.25) is 0 Å². The van der Waals surface area contributed by atoms with Crippen molar-refractivity contribution in [2.75, 3.05) is 25.5 Å². The van der Waals surface area contributed by atoms with Crippen LogP contribution in [-0.4, -0.2) is 31.4 Å². The minimum Gasteiger partial charge on any atom is -0.375 e. The highest BCUT2D eigenvalue weighted by atomic mass is 32.1. The van der Waals surface area contributed by atoms with Crippen molar-refractivity contribution in [3.05, 3.63) is 52.2 Å². The highest BCUT2D eigenvalue weighted by Gasteiger charge is 2.19. The van der Waals surface area contributed by atoms with Crippen molar-refractivity contribution in [3.8, 4) is 0 Å². The first-order chi connectivity index (χ1) is 10.0. The first-order valence-electron chi connectivity index (χ1n) is 7.16. The van der Waals surface area contributed by atoms with E-state index in [2.05, 4.69) is 24.8 Å². The Bertz CT molecular complexity index is 577. The normalized spacial score (nSPS) is 12.0. The largest absolute Gasteiger partial charge is 0.375 e. The van der Waals surface area contributed by atoms with Crippen LogP contribution < -0.4 is 4.90 Å². The standard InChI is InChI=1S/C17H22N2OS/c1-5-18(3)15-10-8-14(9-11-15)17(20)19(4)13(2)16-7-6-12-21-16/h6-13H,5H2,1-4H3. The molecule has 0 saturated heterocycles. The lowest BCUT2D eigenvalue weighted by molar-refractivity contribution is 0.0745. The Labute approximate surface area is 130 Å². The molecule has 1 unspecified atom stereocenters. The average Bonchev–Trinajstić information content (AvgIpc) is 3.06. The molecule has 0 bridgehead atoms. The molecule has 0 fully saturated rings. The van der Waals surface area contributed by atoms with E-state index in [4.69, 9.17) is 0 Å². The van der Waals surface area contributed by atoms with Crippen molar-refractivity contribution in [1.82, 2.24) is 4.90 Å². The van der Waals surface area contributed by atoms with Gasteiger partial charge >= 0.3 is 0 Å². The first-order valence-corrected chi connectivity index (χ1v) is 8.04. The van der Waals surface area contributed by atoms with Gasteiger partial charge in [0, 0.05) is 36.8 Å². The van der Waals surface area contributed by atoms with E-state index in [9.17, 15) is 4.79 Å². The number of carbonyl (C=O) groups is 1. The van der Waals surface area contributed by atoms with Gasteiger partial charge in [-0.15, -0.1) is 11.3 Å². The van der Waals surface area contributed by atoms with Crippen molar-refractivity contribution in [2.45, 2.75) is 19.9 Å². The number of hydrogen-bond acceptors (Lipinski definition) is 3. The zero-order valence-electron chi connectivity index (χ0n) is 13.0. The second kappa shape index (κ2) is 6.76. The SMILES string of the molecule is CCN(C)c1ccc(C(=O)N(C)C(C)c2cccs2)cc1. The van der Waals surface area contributed by atoms with Gasteiger partial charge in [0.05, 0.1) is 6.04 Å². The molecule has 1 aromatic carbocycles. The first kappa shape index (κ1) is 15.6. The summed E-state index contributed by atoms with van der Waals surface area (Å²) in [6, 6.07) is 12.0. The third-order valence-electron chi connectivity index (χ3n) is 3.89. The zero-order valence-corrected chi connectivity index (χ0v) is 13.9. The van der Waals surface area contributed by atoms with Crippen molar-refractivity contribution < 1.29 is 4.79 Å². The molecule has 21 heavy (non-hydrogen) atoms. The maximum absolute atomic E-state index is 12.5. The van der Waals surface area contributed by atoms with E-state index in [0.717, 1.165) is 17.8 Å². The molecule has 0 aliphatic heterocycles. The molecule has 0 aliphatic carbocycles. The van der Waals surface area contributed by atoms with E-state index >= 15 is 0 Å². The third-order valence-corrected chi connectivity index (χ3v) is 4.93. The maximum atomic E-state index is 12.5. The summed E-state index contributed by atoms with van der Waals surface area (Å²) in [5.74, 6) is 0.0570. The number of rotatable bonds is 5. The highest BCUT2D eigenvalue weighted by Crippen LogP contribution is 2.25. The number of hydrogen-bond donors (Lipinski definition) is 0. The lowest BCUT2D eigenvalue weighted by atomic mass is 10.1. The van der Waals surface area contributed by atoms with E-state index < -0.39 is 0 Å². The van der Waals surface area contributed by atoms with Gasteiger partial charge < -0.3 is 9.80 Å². The Balaban J connectivity index is 2.12. The third kappa shape index (κ3) is 3.45. The van der Waals surface area contributed by atoms with Gasteiger partial charge in [0.25, 0.3) is 5.91 Å². The summed E-state index contributed by atoms with van der Waals surface area (Å²) in [7, 11) is 3.90. The van der Waals surface area contributed by atoms with Gasteiger partial charge in [-0.1, -0.05) is 6.07 Å². The van der Waals surface area contributed by atoms with Crippen molar-refractivity contribution in [3.63, 3.8) is 0 Å². The second-order valence-corrected chi connectivity index (χ2v) is 6.15. The predicted molar refractivity (Wildman–Crippen MR) is 90.2 cm³/mol. The predicted octanol–water partition coefficient (Wildman–Crippen LogP) is 4.04. The molecule has 4 heteroatoms. The van der Waals surface area contributed by atoms with Gasteiger partial charge in [0.2, 0.25) is 0 Å². The smallest absolute Gasteiger partial charge is 0.254 e. The number of thiophene rings is 1. The summed E-state index contributed by atoms with van der Waals surface area (Å²) in [6.45, 7) is 5.11. The van der Waals surface area contributed by atoms with Crippen LogP contribution in [0.25, 0.3) is 0 Å². The summed E-state index contributed by atoms with van der Waals surface area (Å²) in [5.41, 5.74) is 1.86. The van der Waals surface area contributed by atoms with Crippen molar-refractivity contribution in [1.29, 1.82) is 0 Å². The van der Waals surface area contributed by atoms with Crippen LogP contribution in [0.5, 0.6) is 0 Å². The molecule has 2 aromatic rings. The van der Waals surface area contributed by atoms with E-state index in [1.807, 2.05) is 49.8 Å². The van der Waals surface area contributed by atoms with Gasteiger partial charge in [-0.2, -0.15) is 0 Å². The van der Waals surface area contributed by atoms with E-state index in [1.165, 1.54) is 4.88 Å². The summed E-state index contributed by atoms with van der Waals surface area (Å²) < 4.78 is 0. The molecular weight excluding hydrogens is 280 g/mol. The Morgan fingerprint density at radius 1 is 1.19 bits per heavy atom. The van der Waals surface area contributed by atoms with Gasteiger partial charge in [-0.25, -0.2) is 0 Å². The topological polar surface area (TPSA) is 23.6 Å². The zero-order chi connectivity index (χ0) is 15.4. The van der Waals surface area contributed by atoms with Crippen molar-refractivity contribution in [2.24, 2.45) is 0 Å². The fraction of sp³-hybridized carbons (Fsp3) is 0.353. The minimum absolute atomic E-state index is 0.0570. The summed E-state index contributed by atoms with van der Waals surface area (Å²) in [4.78, 5) is 17.7. The second-order valence-electron chi connectivity index (χ2n) is 5.17. The molecule has 1 amide bonds. The highest BCUT2D eigenvalue weighted by molar-refractivity contribution is 7.10. The molecule has 1 heterocycles. The number of carbonyl (C=O) groups excluding carboxylic acids is 1. The van der Waals surface area contributed by atoms with Gasteiger partial charge in [0.1, 0.15) is 0 Å². The maximum Gasteiger partial charge on any atom is 0.254 e. The quantitative estimate of drug-likeness (QED) is 0.832. The van der Waals surface area contributed by atoms with Gasteiger partial charge in [-0.05, 0) is 49.6 Å². The molecular formula is C17H22N2OS. The molecule has 1 aromatic heterocycles. The summed E-state index contributed by atoms with van der Waals surface area (Å²) >= 11 is 1.68. The van der Waals surface area contributed by atoms with Crippen LogP contribution in [-0.2, 0) is 0 Å². The Morgan fingerprint density at radius 3 is 2.38 bits per heavy atom. The minimum atomic E-state index is 0.0570. The summed E-state index contributed by atoms with van der Waals surface area (Å²) in [5, 5.41) is 2.04. The molecule has 112 valence electrons. The number of anilines is 1. The van der Waals surface area contributed by atoms with Crippen LogP contribution in [0, 0.1) is 0 Å². The van der Waals surface area contributed by atoms with Crippen LogP contribution in [0.15, 0.2) is 41.8 Å². The van der Waals surface area contributed by atoms with Crippen molar-refractivity contribution >= 4 is 22.9 Å². The van der Waals surface area contributed by atoms with E-state index in [0.29, 0.717) is 0 Å². The van der Waals surface area contributed by atoms with Crippen LogP contribution in [0.3, 0.4) is 0 Å². The number of amides is 1. The Kier molecular flexibility index (Phi) is 5.02. The van der Waals surface area contributed by atoms with Gasteiger partial charge in [-0.3, -0.25) is 4.79 Å². The fourth-order valence-electron chi connectivity index (χ4n) is 2.14. The monoisotopic (exact) mass is 302 g/mol. The Morgan fingerprint density at radius 2 is 1.86 bits per heavy atom. The molecule has 0 radical (unpaired) electrons. The molecule has 2 rings (SSSR count). The molecule has 0 saturated carbocycles. The van der Waals surface area contributed by atoms with E-state index in [1.54, 1.807) is 16.2 Å².